The molecule has 1 aromatic heterocycles. The molecule has 0 aliphatic rings. The largest absolute Gasteiger partial charge is 0.466 e. The summed E-state index contributed by atoms with van der Waals surface area (Å²) in [6, 6.07) is 6.89. The van der Waals surface area contributed by atoms with E-state index in [-0.39, 0.29) is 6.54 Å². The fourth-order valence-corrected chi connectivity index (χ4v) is 2.15. The maximum atomic E-state index is 11.8. The zero-order chi connectivity index (χ0) is 16.3. The number of aryl methyl sites for hydroxylation is 3. The van der Waals surface area contributed by atoms with E-state index in [0.29, 0.717) is 10.7 Å². The van der Waals surface area contributed by atoms with Crippen LogP contribution in [-0.4, -0.2) is 11.8 Å². The molecule has 1 heterocycles. The summed E-state index contributed by atoms with van der Waals surface area (Å²) in [6.07, 6.45) is 0. The molecule has 2 rings (SSSR count). The van der Waals surface area contributed by atoms with Crippen molar-refractivity contribution < 1.29 is 14.0 Å². The van der Waals surface area contributed by atoms with E-state index in [2.05, 4.69) is 10.6 Å². The molecule has 2 aromatic rings. The fourth-order valence-electron chi connectivity index (χ4n) is 1.97. The molecule has 0 aliphatic carbocycles. The molecule has 0 unspecified atom stereocenters. The quantitative estimate of drug-likeness (QED) is 0.854. The van der Waals surface area contributed by atoms with Gasteiger partial charge in [-0.2, -0.15) is 0 Å². The van der Waals surface area contributed by atoms with E-state index < -0.39 is 11.8 Å². The van der Waals surface area contributed by atoms with Crippen molar-refractivity contribution in [2.75, 3.05) is 5.32 Å². The van der Waals surface area contributed by atoms with Gasteiger partial charge in [-0.15, -0.1) is 0 Å². The maximum Gasteiger partial charge on any atom is 0.313 e. The second-order valence-corrected chi connectivity index (χ2v) is 5.45. The van der Waals surface area contributed by atoms with Gasteiger partial charge in [-0.25, -0.2) is 0 Å². The molecule has 0 bridgehead atoms. The topological polar surface area (TPSA) is 71.3 Å². The Hall–Kier alpha value is -2.27. The maximum absolute atomic E-state index is 11.8. The van der Waals surface area contributed by atoms with Gasteiger partial charge in [0, 0.05) is 22.8 Å². The first-order valence-electron chi connectivity index (χ1n) is 6.78. The Balaban J connectivity index is 1.93. The highest BCUT2D eigenvalue weighted by atomic mass is 35.5. The van der Waals surface area contributed by atoms with Gasteiger partial charge >= 0.3 is 11.8 Å². The van der Waals surface area contributed by atoms with Crippen molar-refractivity contribution in [2.45, 2.75) is 27.3 Å². The Morgan fingerprint density at radius 2 is 1.86 bits per heavy atom. The van der Waals surface area contributed by atoms with Crippen molar-refractivity contribution in [3.63, 3.8) is 0 Å². The molecule has 1 aromatic carbocycles. The minimum absolute atomic E-state index is 0.240. The zero-order valence-electron chi connectivity index (χ0n) is 12.6. The molecule has 22 heavy (non-hydrogen) atoms. The number of carbonyl (C=O) groups is 2. The summed E-state index contributed by atoms with van der Waals surface area (Å²) in [5.41, 5.74) is 2.22. The Morgan fingerprint density at radius 3 is 2.45 bits per heavy atom. The van der Waals surface area contributed by atoms with E-state index in [1.54, 1.807) is 18.2 Å². The summed E-state index contributed by atoms with van der Waals surface area (Å²) in [5, 5.41) is 5.59. The lowest BCUT2D eigenvalue weighted by Gasteiger charge is -2.07. The van der Waals surface area contributed by atoms with Crippen molar-refractivity contribution in [3.8, 4) is 0 Å². The summed E-state index contributed by atoms with van der Waals surface area (Å²) in [6.45, 7) is 5.73. The molecule has 116 valence electrons. The van der Waals surface area contributed by atoms with Crippen LogP contribution in [0.25, 0.3) is 0 Å². The van der Waals surface area contributed by atoms with Crippen molar-refractivity contribution in [1.82, 2.24) is 5.32 Å². The lowest BCUT2D eigenvalue weighted by atomic mass is 10.2. The van der Waals surface area contributed by atoms with Crippen molar-refractivity contribution in [3.05, 3.63) is 51.9 Å². The smallest absolute Gasteiger partial charge is 0.313 e. The van der Waals surface area contributed by atoms with Gasteiger partial charge in [0.25, 0.3) is 0 Å². The Bertz CT molecular complexity index is 722. The highest BCUT2D eigenvalue weighted by molar-refractivity contribution is 6.39. The number of benzene rings is 1. The predicted octanol–water partition coefficient (Wildman–Crippen LogP) is 3.11. The van der Waals surface area contributed by atoms with Crippen LogP contribution in [0, 0.1) is 20.8 Å². The van der Waals surface area contributed by atoms with Crippen LogP contribution < -0.4 is 10.6 Å². The molecule has 2 N–H and O–H groups in total. The number of halogens is 1. The highest BCUT2D eigenvalue weighted by Gasteiger charge is 2.15. The fraction of sp³-hybridized carbons (Fsp3) is 0.250. The summed E-state index contributed by atoms with van der Waals surface area (Å²) in [5.74, 6) is 0.0387. The Labute approximate surface area is 133 Å². The number of hydrogen-bond donors (Lipinski definition) is 2. The van der Waals surface area contributed by atoms with Crippen LogP contribution in [0.2, 0.25) is 5.02 Å². The lowest BCUT2D eigenvalue weighted by Crippen LogP contribution is -2.35. The first kappa shape index (κ1) is 16.1. The van der Waals surface area contributed by atoms with Crippen LogP contribution in [-0.2, 0) is 16.1 Å². The monoisotopic (exact) mass is 320 g/mol. The third kappa shape index (κ3) is 3.89. The predicted molar refractivity (Wildman–Crippen MR) is 84.8 cm³/mol. The zero-order valence-corrected chi connectivity index (χ0v) is 13.4. The molecular formula is C16H17ClN2O3. The van der Waals surface area contributed by atoms with Crippen LogP contribution in [0.1, 0.15) is 22.6 Å². The summed E-state index contributed by atoms with van der Waals surface area (Å²) < 4.78 is 5.36. The minimum atomic E-state index is -0.738. The van der Waals surface area contributed by atoms with Crippen molar-refractivity contribution in [2.24, 2.45) is 0 Å². The highest BCUT2D eigenvalue weighted by Crippen LogP contribution is 2.19. The summed E-state index contributed by atoms with van der Waals surface area (Å²) >= 11 is 5.98. The second-order valence-electron chi connectivity index (χ2n) is 5.04. The molecule has 0 radical (unpaired) electrons. The van der Waals surface area contributed by atoms with Gasteiger partial charge in [0.15, 0.2) is 0 Å². The number of amides is 2. The molecule has 6 heteroatoms. The van der Waals surface area contributed by atoms with Gasteiger partial charge in [-0.05, 0) is 44.5 Å². The average Bonchev–Trinajstić information content (AvgIpc) is 2.78. The standard InChI is InChI=1S/C16H17ClN2O3/c1-9-4-5-13(7-14(9)17)19-16(21)15(20)18-8-12-6-10(2)22-11(12)3/h4-7H,8H2,1-3H3,(H,18,20)(H,19,21). The van der Waals surface area contributed by atoms with Gasteiger partial charge in [-0.1, -0.05) is 17.7 Å². The SMILES string of the molecule is Cc1cc(CNC(=O)C(=O)Nc2ccc(C)c(Cl)c2)c(C)o1. The molecule has 0 saturated heterocycles. The van der Waals surface area contributed by atoms with E-state index in [4.69, 9.17) is 16.0 Å². The third-order valence-corrected chi connectivity index (χ3v) is 3.63. The third-order valence-electron chi connectivity index (χ3n) is 3.22. The summed E-state index contributed by atoms with van der Waals surface area (Å²) in [4.78, 5) is 23.6. The molecule has 0 aliphatic heterocycles. The van der Waals surface area contributed by atoms with E-state index in [9.17, 15) is 9.59 Å². The molecule has 2 amide bonds. The average molecular weight is 321 g/mol. The van der Waals surface area contributed by atoms with E-state index in [1.165, 1.54) is 0 Å². The van der Waals surface area contributed by atoms with Crippen LogP contribution in [0.15, 0.2) is 28.7 Å². The number of nitrogens with one attached hydrogen (secondary N) is 2. The van der Waals surface area contributed by atoms with Crippen LogP contribution in [0.3, 0.4) is 0 Å². The first-order valence-corrected chi connectivity index (χ1v) is 7.16. The van der Waals surface area contributed by atoms with Gasteiger partial charge in [-0.3, -0.25) is 9.59 Å². The minimum Gasteiger partial charge on any atom is -0.466 e. The Morgan fingerprint density at radius 1 is 1.14 bits per heavy atom. The van der Waals surface area contributed by atoms with Gasteiger partial charge in [0.2, 0.25) is 0 Å². The van der Waals surface area contributed by atoms with Gasteiger partial charge in [0.05, 0.1) is 0 Å². The normalized spacial score (nSPS) is 10.4. The van der Waals surface area contributed by atoms with Gasteiger partial charge < -0.3 is 15.1 Å². The number of anilines is 1. The van der Waals surface area contributed by atoms with E-state index >= 15 is 0 Å². The number of carbonyl (C=O) groups excluding carboxylic acids is 2. The summed E-state index contributed by atoms with van der Waals surface area (Å²) in [7, 11) is 0. The number of rotatable bonds is 3. The molecule has 0 spiro atoms. The second kappa shape index (κ2) is 6.66. The number of hydrogen-bond acceptors (Lipinski definition) is 3. The van der Waals surface area contributed by atoms with Crippen molar-refractivity contribution >= 4 is 29.1 Å². The van der Waals surface area contributed by atoms with E-state index in [0.717, 1.165) is 22.6 Å². The first-order chi connectivity index (χ1) is 10.4. The van der Waals surface area contributed by atoms with Crippen LogP contribution >= 0.6 is 11.6 Å². The van der Waals surface area contributed by atoms with E-state index in [1.807, 2.05) is 26.8 Å². The van der Waals surface area contributed by atoms with Gasteiger partial charge in [0.1, 0.15) is 11.5 Å². The van der Waals surface area contributed by atoms with Crippen molar-refractivity contribution in [1.29, 1.82) is 0 Å². The van der Waals surface area contributed by atoms with Crippen LogP contribution in [0.4, 0.5) is 5.69 Å². The Kier molecular flexibility index (Phi) is 4.88. The van der Waals surface area contributed by atoms with Crippen LogP contribution in [0.5, 0.6) is 0 Å². The molecule has 5 nitrogen and oxygen atoms in total. The molecular weight excluding hydrogens is 304 g/mol. The lowest BCUT2D eigenvalue weighted by molar-refractivity contribution is -0.136. The molecule has 0 saturated carbocycles. The number of furan rings is 1. The molecule has 0 atom stereocenters. The molecule has 0 fully saturated rings.